The summed E-state index contributed by atoms with van der Waals surface area (Å²) in [5, 5.41) is 2.68. The molecule has 0 heterocycles. The van der Waals surface area contributed by atoms with Gasteiger partial charge in [-0.3, -0.25) is 4.79 Å². The van der Waals surface area contributed by atoms with Crippen LogP contribution in [0.1, 0.15) is 25.0 Å². The summed E-state index contributed by atoms with van der Waals surface area (Å²) in [6, 6.07) is 5.82. The fourth-order valence-electron chi connectivity index (χ4n) is 1.48. The Balaban J connectivity index is 2.43. The average Bonchev–Trinajstić information content (AvgIpc) is 2.41. The predicted molar refractivity (Wildman–Crippen MR) is 86.7 cm³/mol. The van der Waals surface area contributed by atoms with Crippen LogP contribution in [0.5, 0.6) is 0 Å². The van der Waals surface area contributed by atoms with E-state index in [1.165, 1.54) is 6.08 Å². The van der Waals surface area contributed by atoms with E-state index in [0.29, 0.717) is 12.5 Å². The third-order valence-electron chi connectivity index (χ3n) is 2.61. The molecule has 0 bridgehead atoms. The number of rotatable bonds is 6. The van der Waals surface area contributed by atoms with E-state index >= 15 is 0 Å². The van der Waals surface area contributed by atoms with E-state index in [0.717, 1.165) is 15.6 Å². The largest absolute Gasteiger partial charge is 0.452 e. The van der Waals surface area contributed by atoms with Crippen LogP contribution in [0, 0.1) is 12.8 Å². The van der Waals surface area contributed by atoms with E-state index in [9.17, 15) is 9.59 Å². The molecule has 1 rings (SSSR count). The van der Waals surface area contributed by atoms with Crippen LogP contribution in [-0.4, -0.2) is 25.0 Å². The molecule has 1 aromatic rings. The second kappa shape index (κ2) is 8.62. The monoisotopic (exact) mass is 353 g/mol. The molecule has 21 heavy (non-hydrogen) atoms. The van der Waals surface area contributed by atoms with Gasteiger partial charge in [-0.1, -0.05) is 41.9 Å². The van der Waals surface area contributed by atoms with Gasteiger partial charge in [-0.15, -0.1) is 0 Å². The highest BCUT2D eigenvalue weighted by Gasteiger charge is 2.05. The molecule has 0 spiro atoms. The lowest BCUT2D eigenvalue weighted by molar-refractivity contribution is -0.143. The number of carbonyl (C=O) groups excluding carboxylic acids is 2. The second-order valence-electron chi connectivity index (χ2n) is 5.16. The molecule has 1 aromatic carbocycles. The Kier molecular flexibility index (Phi) is 7.15. The van der Waals surface area contributed by atoms with E-state index in [2.05, 4.69) is 21.2 Å². The van der Waals surface area contributed by atoms with E-state index in [-0.39, 0.29) is 12.5 Å². The van der Waals surface area contributed by atoms with Gasteiger partial charge >= 0.3 is 5.97 Å². The molecular weight excluding hydrogens is 334 g/mol. The van der Waals surface area contributed by atoms with Crippen molar-refractivity contribution in [3.63, 3.8) is 0 Å². The quantitative estimate of drug-likeness (QED) is 0.631. The van der Waals surface area contributed by atoms with Crippen molar-refractivity contribution < 1.29 is 14.3 Å². The van der Waals surface area contributed by atoms with Crippen LogP contribution >= 0.6 is 15.9 Å². The number of ether oxygens (including phenoxy) is 1. The Labute approximate surface area is 133 Å². The van der Waals surface area contributed by atoms with Crippen molar-refractivity contribution in [2.45, 2.75) is 20.8 Å². The normalized spacial score (nSPS) is 10.9. The summed E-state index contributed by atoms with van der Waals surface area (Å²) in [6.07, 6.45) is 2.96. The molecule has 4 nitrogen and oxygen atoms in total. The molecule has 114 valence electrons. The van der Waals surface area contributed by atoms with Gasteiger partial charge in [0.1, 0.15) is 0 Å². The summed E-state index contributed by atoms with van der Waals surface area (Å²) in [7, 11) is 0. The van der Waals surface area contributed by atoms with Crippen LogP contribution in [-0.2, 0) is 14.3 Å². The Morgan fingerprint density at radius 1 is 1.38 bits per heavy atom. The third-order valence-corrected chi connectivity index (χ3v) is 3.29. The minimum Gasteiger partial charge on any atom is -0.452 e. The van der Waals surface area contributed by atoms with Gasteiger partial charge in [-0.05, 0) is 36.1 Å². The van der Waals surface area contributed by atoms with Gasteiger partial charge in [0, 0.05) is 17.1 Å². The zero-order valence-electron chi connectivity index (χ0n) is 12.5. The highest BCUT2D eigenvalue weighted by molar-refractivity contribution is 9.10. The highest BCUT2D eigenvalue weighted by atomic mass is 79.9. The molecule has 0 unspecified atom stereocenters. The zero-order chi connectivity index (χ0) is 15.8. The first-order chi connectivity index (χ1) is 9.88. The predicted octanol–water partition coefficient (Wildman–Crippen LogP) is 3.09. The van der Waals surface area contributed by atoms with Crippen molar-refractivity contribution in [1.29, 1.82) is 0 Å². The Hall–Kier alpha value is -1.62. The first-order valence-electron chi connectivity index (χ1n) is 6.76. The van der Waals surface area contributed by atoms with Crippen molar-refractivity contribution in [1.82, 2.24) is 5.32 Å². The Morgan fingerprint density at radius 2 is 2.10 bits per heavy atom. The summed E-state index contributed by atoms with van der Waals surface area (Å²) >= 11 is 3.43. The van der Waals surface area contributed by atoms with Crippen molar-refractivity contribution >= 4 is 33.9 Å². The van der Waals surface area contributed by atoms with Gasteiger partial charge in [-0.25, -0.2) is 4.79 Å². The minimum atomic E-state index is -0.540. The molecule has 0 aliphatic carbocycles. The Bertz CT molecular complexity index is 538. The van der Waals surface area contributed by atoms with Crippen LogP contribution < -0.4 is 5.32 Å². The molecule has 0 fully saturated rings. The number of hydrogen-bond acceptors (Lipinski definition) is 3. The third kappa shape index (κ3) is 7.09. The lowest BCUT2D eigenvalue weighted by atomic mass is 10.1. The summed E-state index contributed by atoms with van der Waals surface area (Å²) in [4.78, 5) is 22.9. The molecule has 0 aromatic heterocycles. The van der Waals surface area contributed by atoms with Gasteiger partial charge in [0.05, 0.1) is 0 Å². The molecule has 0 aliphatic rings. The number of amides is 1. The number of carbonyl (C=O) groups is 2. The highest BCUT2D eigenvalue weighted by Crippen LogP contribution is 2.19. The van der Waals surface area contributed by atoms with Crippen LogP contribution in [0.15, 0.2) is 28.7 Å². The lowest BCUT2D eigenvalue weighted by Gasteiger charge is -2.07. The molecule has 0 saturated carbocycles. The topological polar surface area (TPSA) is 55.4 Å². The van der Waals surface area contributed by atoms with Gasteiger partial charge in [0.15, 0.2) is 6.61 Å². The lowest BCUT2D eigenvalue weighted by Crippen LogP contribution is -2.31. The van der Waals surface area contributed by atoms with Crippen molar-refractivity contribution in [3.05, 3.63) is 39.9 Å². The van der Waals surface area contributed by atoms with E-state index in [1.54, 1.807) is 6.08 Å². The summed E-state index contributed by atoms with van der Waals surface area (Å²) in [6.45, 7) is 6.29. The maximum Gasteiger partial charge on any atom is 0.331 e. The second-order valence-corrected chi connectivity index (χ2v) is 6.02. The summed E-state index contributed by atoms with van der Waals surface area (Å²) in [5.41, 5.74) is 2.00. The number of benzene rings is 1. The first kappa shape index (κ1) is 17.4. The summed E-state index contributed by atoms with van der Waals surface area (Å²) < 4.78 is 5.77. The maximum absolute atomic E-state index is 11.5. The number of halogens is 1. The number of hydrogen-bond donors (Lipinski definition) is 1. The van der Waals surface area contributed by atoms with Gasteiger partial charge in [0.25, 0.3) is 5.91 Å². The number of nitrogens with one attached hydrogen (secondary N) is 1. The maximum atomic E-state index is 11.5. The first-order valence-corrected chi connectivity index (χ1v) is 7.55. The van der Waals surface area contributed by atoms with Crippen LogP contribution in [0.4, 0.5) is 0 Å². The molecular formula is C16H20BrNO3. The van der Waals surface area contributed by atoms with Crippen molar-refractivity contribution in [2.75, 3.05) is 13.2 Å². The molecule has 0 aliphatic heterocycles. The molecule has 0 saturated heterocycles. The van der Waals surface area contributed by atoms with E-state index in [4.69, 9.17) is 4.74 Å². The van der Waals surface area contributed by atoms with Crippen molar-refractivity contribution in [3.8, 4) is 0 Å². The van der Waals surface area contributed by atoms with Crippen molar-refractivity contribution in [2.24, 2.45) is 5.92 Å². The van der Waals surface area contributed by atoms with Gasteiger partial charge in [-0.2, -0.15) is 0 Å². The van der Waals surface area contributed by atoms with Crippen LogP contribution in [0.2, 0.25) is 0 Å². The van der Waals surface area contributed by atoms with Gasteiger partial charge < -0.3 is 10.1 Å². The SMILES string of the molecule is Cc1ccc(/C=C/C(=O)OCC(=O)NCC(C)C)c(Br)c1. The average molecular weight is 354 g/mol. The molecule has 0 radical (unpaired) electrons. The molecule has 1 N–H and O–H groups in total. The molecule has 5 heteroatoms. The fraction of sp³-hybridized carbons (Fsp3) is 0.375. The number of esters is 1. The van der Waals surface area contributed by atoms with Gasteiger partial charge in [0.2, 0.25) is 0 Å². The fourth-order valence-corrected chi connectivity index (χ4v) is 2.10. The standard InChI is InChI=1S/C16H20BrNO3/c1-11(2)9-18-15(19)10-21-16(20)7-6-13-5-4-12(3)8-14(13)17/h4-8,11H,9-10H2,1-3H3,(H,18,19)/b7-6+. The zero-order valence-corrected chi connectivity index (χ0v) is 14.1. The smallest absolute Gasteiger partial charge is 0.331 e. The van der Waals surface area contributed by atoms with Crippen LogP contribution in [0.25, 0.3) is 6.08 Å². The molecule has 1 amide bonds. The minimum absolute atomic E-state index is 0.259. The van der Waals surface area contributed by atoms with Crippen LogP contribution in [0.3, 0.4) is 0 Å². The summed E-state index contributed by atoms with van der Waals surface area (Å²) in [5.74, 6) is -0.465. The van der Waals surface area contributed by atoms with E-state index < -0.39 is 5.97 Å². The van der Waals surface area contributed by atoms with E-state index in [1.807, 2.05) is 39.0 Å². The Morgan fingerprint density at radius 3 is 2.71 bits per heavy atom. The molecule has 0 atom stereocenters. The number of aryl methyl sites for hydroxylation is 1.